The number of H-pyrrole nitrogens is 1. The van der Waals surface area contributed by atoms with Crippen molar-refractivity contribution in [3.05, 3.63) is 40.2 Å². The lowest BCUT2D eigenvalue weighted by Crippen LogP contribution is -2.48. The van der Waals surface area contributed by atoms with Crippen LogP contribution in [0, 0.1) is 0 Å². The number of nitrogens with two attached hydrogens (primary N) is 1. The van der Waals surface area contributed by atoms with E-state index in [0.717, 1.165) is 11.0 Å². The van der Waals surface area contributed by atoms with Gasteiger partial charge in [-0.2, -0.15) is 4.98 Å². The molecule has 0 fully saturated rings. The minimum atomic E-state index is -1.39. The Balaban J connectivity index is 0.000000708. The Morgan fingerprint density at radius 1 is 1.25 bits per heavy atom. The zero-order valence-corrected chi connectivity index (χ0v) is 23.1. The van der Waals surface area contributed by atoms with Crippen molar-refractivity contribution >= 4 is 41.0 Å². The van der Waals surface area contributed by atoms with Crippen molar-refractivity contribution in [1.29, 1.82) is 0 Å². The van der Waals surface area contributed by atoms with Crippen molar-refractivity contribution in [3.63, 3.8) is 0 Å². The number of fused-ring (bicyclic) bond motifs is 1. The average Bonchev–Trinajstić information content (AvgIpc) is 2.85. The number of aliphatic hydroxyl groups is 1. The van der Waals surface area contributed by atoms with E-state index in [1.807, 2.05) is 4.90 Å². The first kappa shape index (κ1) is 31.8. The summed E-state index contributed by atoms with van der Waals surface area (Å²) >= 11 is 0. The number of carbonyl (C=O) groups is 3. The number of rotatable bonds is 11. The number of aromatic nitrogens is 2. The molecular weight excluding hydrogens is 524 g/mol. The molecule has 2 atom stereocenters. The van der Waals surface area contributed by atoms with Crippen molar-refractivity contribution in [1.82, 2.24) is 15.3 Å². The third-order valence-corrected chi connectivity index (χ3v) is 6.02. The van der Waals surface area contributed by atoms with E-state index in [1.165, 1.54) is 12.1 Å². The molecule has 8 N–H and O–H groups in total. The monoisotopic (exact) mass is 562 g/mol. The third-order valence-electron chi connectivity index (χ3n) is 6.02. The first-order valence-electron chi connectivity index (χ1n) is 12.6. The molecule has 0 aliphatic carbocycles. The van der Waals surface area contributed by atoms with E-state index in [-0.39, 0.29) is 36.1 Å². The fraction of sp³-hybridized carbons (Fsp3) is 0.480. The van der Waals surface area contributed by atoms with Crippen LogP contribution in [0.3, 0.4) is 0 Å². The summed E-state index contributed by atoms with van der Waals surface area (Å²) in [4.78, 5) is 54.7. The lowest BCUT2D eigenvalue weighted by Gasteiger charge is -2.35. The molecule has 2 heterocycles. The molecule has 0 saturated carbocycles. The molecule has 220 valence electrons. The molecule has 0 saturated heterocycles. The van der Waals surface area contributed by atoms with Gasteiger partial charge < -0.3 is 51.2 Å². The average molecular weight is 563 g/mol. The molecule has 3 rings (SSSR count). The van der Waals surface area contributed by atoms with E-state index in [0.29, 0.717) is 30.3 Å². The van der Waals surface area contributed by atoms with Crippen LogP contribution >= 0.6 is 0 Å². The fourth-order valence-corrected chi connectivity index (χ4v) is 3.71. The summed E-state index contributed by atoms with van der Waals surface area (Å²) in [5.74, 6) is -2.89. The van der Waals surface area contributed by atoms with Crippen LogP contribution in [-0.4, -0.2) is 109 Å². The number of aromatic amines is 1. The zero-order valence-electron chi connectivity index (χ0n) is 23.1. The van der Waals surface area contributed by atoms with Crippen molar-refractivity contribution in [2.24, 2.45) is 0 Å². The maximum absolute atomic E-state index is 12.3. The molecule has 0 radical (unpaired) electrons. The van der Waals surface area contributed by atoms with Crippen LogP contribution in [0.25, 0.3) is 0 Å². The van der Waals surface area contributed by atoms with Crippen LogP contribution in [0.2, 0.25) is 0 Å². The number of benzene rings is 1. The molecule has 1 aliphatic heterocycles. The Labute approximate surface area is 231 Å². The number of hydrogen-bond acceptors (Lipinski definition) is 11. The number of carboxylic acids is 2. The van der Waals surface area contributed by atoms with Crippen LogP contribution in [-0.2, 0) is 9.59 Å². The molecule has 2 aromatic rings. The predicted octanol–water partition coefficient (Wildman–Crippen LogP) is -1.91. The number of amides is 1. The Morgan fingerprint density at radius 2 is 1.90 bits per heavy atom. The highest BCUT2D eigenvalue weighted by molar-refractivity contribution is 5.96. The van der Waals surface area contributed by atoms with Crippen LogP contribution < -0.4 is 37.2 Å². The molecule has 0 spiro atoms. The summed E-state index contributed by atoms with van der Waals surface area (Å²) < 4.78 is 0.844. The number of nitrogens with zero attached hydrogens (tertiary/aromatic N) is 3. The number of aliphatic carboxylic acids is 2. The van der Waals surface area contributed by atoms with Gasteiger partial charge in [0.2, 0.25) is 5.95 Å². The lowest BCUT2D eigenvalue weighted by atomic mass is 10.1. The Kier molecular flexibility index (Phi) is 11.3. The van der Waals surface area contributed by atoms with Gasteiger partial charge in [0, 0.05) is 37.4 Å². The topological polar surface area (TPSA) is 226 Å². The molecule has 1 aromatic carbocycles. The van der Waals surface area contributed by atoms with E-state index < -0.39 is 30.3 Å². The van der Waals surface area contributed by atoms with Gasteiger partial charge in [-0.25, -0.2) is 4.79 Å². The molecular formula is C25H38N8O7. The van der Waals surface area contributed by atoms with Crippen molar-refractivity contribution in [2.75, 3.05) is 75.7 Å². The molecule has 15 nitrogen and oxygen atoms in total. The summed E-state index contributed by atoms with van der Waals surface area (Å²) in [6.07, 6.45) is -0.759. The number of nitrogens with one attached hydrogen (secondary N) is 4. The van der Waals surface area contributed by atoms with Crippen molar-refractivity contribution < 1.29 is 34.2 Å². The molecule has 40 heavy (non-hydrogen) atoms. The van der Waals surface area contributed by atoms with E-state index in [1.54, 1.807) is 19.2 Å². The zero-order chi connectivity index (χ0) is 30.0. The van der Waals surface area contributed by atoms with Crippen molar-refractivity contribution in [2.45, 2.75) is 24.9 Å². The van der Waals surface area contributed by atoms with Crippen LogP contribution in [0.15, 0.2) is 29.1 Å². The van der Waals surface area contributed by atoms with Gasteiger partial charge in [0.25, 0.3) is 11.5 Å². The van der Waals surface area contributed by atoms with Crippen LogP contribution in [0.4, 0.5) is 23.1 Å². The highest BCUT2D eigenvalue weighted by Crippen LogP contribution is 2.25. The second-order valence-electron chi connectivity index (χ2n) is 10.3. The lowest BCUT2D eigenvalue weighted by molar-refractivity contribution is -0.870. The van der Waals surface area contributed by atoms with E-state index in [9.17, 15) is 24.3 Å². The highest BCUT2D eigenvalue weighted by Gasteiger charge is 2.27. The largest absolute Gasteiger partial charge is 0.550 e. The summed E-state index contributed by atoms with van der Waals surface area (Å²) in [5, 5.41) is 36.7. The summed E-state index contributed by atoms with van der Waals surface area (Å²) in [7, 11) is 7.94. The van der Waals surface area contributed by atoms with Crippen LogP contribution in [0.1, 0.15) is 23.2 Å². The minimum absolute atomic E-state index is 0.0360. The number of likely N-dealkylation sites (N-methyl/N-ethyl adjacent to an activating group) is 2. The number of carbonyl (C=O) groups excluding carboxylic acids is 2. The Morgan fingerprint density at radius 3 is 2.42 bits per heavy atom. The van der Waals surface area contributed by atoms with E-state index in [4.69, 9.17) is 15.9 Å². The van der Waals surface area contributed by atoms with Gasteiger partial charge in [-0.05, 0) is 37.1 Å². The van der Waals surface area contributed by atoms with Gasteiger partial charge in [0.1, 0.15) is 18.3 Å². The fourth-order valence-electron chi connectivity index (χ4n) is 3.71. The standard InChI is InChI=1S/C20H25N7O6.C5H14NO/c1-27-12(9-23-16-15(27)18(31)26-20(21)25-16)8-22-11-4-2-10(3-5-11)17(30)24-13(19(32)33)6-7-14(28)29;1-6(2,3)4-5-7/h2-5,12-13,22H,6-9H2,1H3,(H,24,30)(H,28,29)(H,32,33)(H4,21,23,25,26,31);7H,4-5H2,1-3H3/q;+1/p-1/t12-,13-;/m0./s1. The maximum Gasteiger partial charge on any atom is 0.326 e. The molecule has 1 amide bonds. The summed E-state index contributed by atoms with van der Waals surface area (Å²) in [6, 6.07) is 4.94. The molecule has 15 heteroatoms. The van der Waals surface area contributed by atoms with Crippen LogP contribution in [0.5, 0.6) is 0 Å². The summed E-state index contributed by atoms with van der Waals surface area (Å²) in [5.41, 5.74) is 6.56. The number of aliphatic hydroxyl groups excluding tert-OH is 1. The second-order valence-corrected chi connectivity index (χ2v) is 10.3. The van der Waals surface area contributed by atoms with Gasteiger partial charge >= 0.3 is 5.97 Å². The van der Waals surface area contributed by atoms with Gasteiger partial charge in [-0.15, -0.1) is 0 Å². The maximum atomic E-state index is 12.3. The third kappa shape index (κ3) is 9.74. The molecule has 0 unspecified atom stereocenters. The Bertz CT molecular complexity index is 1230. The number of hydrogen-bond donors (Lipinski definition) is 7. The van der Waals surface area contributed by atoms with Gasteiger partial charge in [0.05, 0.1) is 33.8 Å². The second kappa shape index (κ2) is 14.1. The molecule has 0 bridgehead atoms. The number of carboxylic acid groups (broad SMARTS) is 2. The summed E-state index contributed by atoms with van der Waals surface area (Å²) in [6.45, 7) is 2.11. The highest BCUT2D eigenvalue weighted by atomic mass is 16.4. The number of nitrogen functional groups attached to an aromatic ring is 1. The van der Waals surface area contributed by atoms with Gasteiger partial charge in [-0.1, -0.05) is 0 Å². The minimum Gasteiger partial charge on any atom is -0.550 e. The molecule has 1 aromatic heterocycles. The van der Waals surface area contributed by atoms with Crippen molar-refractivity contribution in [3.8, 4) is 0 Å². The first-order valence-corrected chi connectivity index (χ1v) is 12.6. The number of quaternary nitrogens is 1. The SMILES string of the molecule is CN1c2c(nc(N)[nH]c2=O)NC[C@@H]1CNc1ccc(C(=O)N[C@@H](CCC(=O)[O-])C(=O)O)cc1.C[N+](C)(C)CCO. The first-order chi connectivity index (χ1) is 18.7. The molecule has 1 aliphatic rings. The Hall–Kier alpha value is -4.37. The predicted molar refractivity (Wildman–Crippen MR) is 148 cm³/mol. The number of anilines is 4. The van der Waals surface area contributed by atoms with E-state index in [2.05, 4.69) is 47.1 Å². The van der Waals surface area contributed by atoms with E-state index >= 15 is 0 Å². The van der Waals surface area contributed by atoms with Gasteiger partial charge in [-0.3, -0.25) is 14.6 Å². The quantitative estimate of drug-likeness (QED) is 0.149. The normalized spacial score (nSPS) is 15.0. The smallest absolute Gasteiger partial charge is 0.326 e. The van der Waals surface area contributed by atoms with Gasteiger partial charge in [0.15, 0.2) is 5.82 Å².